The Labute approximate surface area is 241 Å². The molecule has 0 aromatic heterocycles. The molecule has 4 atom stereocenters. The Kier molecular flexibility index (Phi) is 9.03. The summed E-state index contributed by atoms with van der Waals surface area (Å²) in [4.78, 5) is 56.5. The summed E-state index contributed by atoms with van der Waals surface area (Å²) in [6.45, 7) is 0.385. The molecule has 0 bridgehead atoms. The van der Waals surface area contributed by atoms with Crippen molar-refractivity contribution in [2.45, 2.75) is 94.0 Å². The van der Waals surface area contributed by atoms with Crippen molar-refractivity contribution in [3.05, 3.63) is 71.8 Å². The van der Waals surface area contributed by atoms with Crippen molar-refractivity contribution < 1.29 is 24.3 Å². The molecule has 1 saturated carbocycles. The molecular weight excluding hydrogens is 520 g/mol. The van der Waals surface area contributed by atoms with E-state index in [1.165, 1.54) is 4.90 Å². The Morgan fingerprint density at radius 3 is 2.05 bits per heavy atom. The molecule has 2 aromatic carbocycles. The van der Waals surface area contributed by atoms with E-state index in [0.717, 1.165) is 30.4 Å². The largest absolute Gasteiger partial charge is 0.387 e. The van der Waals surface area contributed by atoms with Crippen molar-refractivity contribution in [1.82, 2.24) is 20.9 Å². The second-order valence-corrected chi connectivity index (χ2v) is 11.7. The van der Waals surface area contributed by atoms with Crippen LogP contribution in [0.1, 0.15) is 62.5 Å². The summed E-state index contributed by atoms with van der Waals surface area (Å²) in [5.74, 6) is -1.63. The molecule has 3 fully saturated rings. The number of amides is 4. The summed E-state index contributed by atoms with van der Waals surface area (Å²) in [7, 11) is 0. The van der Waals surface area contributed by atoms with E-state index in [9.17, 15) is 24.3 Å². The predicted octanol–water partition coefficient (Wildman–Crippen LogP) is 2.02. The fourth-order valence-electron chi connectivity index (χ4n) is 6.52. The summed E-state index contributed by atoms with van der Waals surface area (Å²) >= 11 is 0. The third-order valence-electron chi connectivity index (χ3n) is 8.66. The zero-order chi connectivity index (χ0) is 28.8. The number of nitrogens with zero attached hydrogens (tertiary/aromatic N) is 1. The van der Waals surface area contributed by atoms with Gasteiger partial charge in [-0.05, 0) is 43.2 Å². The van der Waals surface area contributed by atoms with Crippen LogP contribution in [0, 0.1) is 0 Å². The maximum absolute atomic E-state index is 13.9. The number of rotatable bonds is 5. The van der Waals surface area contributed by atoms with Crippen molar-refractivity contribution in [2.75, 3.05) is 6.54 Å². The van der Waals surface area contributed by atoms with Gasteiger partial charge in [-0.3, -0.25) is 19.2 Å². The van der Waals surface area contributed by atoms with Gasteiger partial charge >= 0.3 is 0 Å². The van der Waals surface area contributed by atoms with Crippen LogP contribution in [0.5, 0.6) is 0 Å². The average molecular weight is 561 g/mol. The van der Waals surface area contributed by atoms with Crippen molar-refractivity contribution in [3.8, 4) is 0 Å². The topological polar surface area (TPSA) is 128 Å². The molecule has 2 saturated heterocycles. The number of aliphatic hydroxyl groups is 1. The minimum atomic E-state index is -1.40. The van der Waals surface area contributed by atoms with Crippen molar-refractivity contribution in [1.29, 1.82) is 0 Å². The van der Waals surface area contributed by atoms with E-state index in [1.807, 2.05) is 60.7 Å². The Balaban J connectivity index is 1.49. The molecule has 0 spiro atoms. The number of nitrogens with one attached hydrogen (secondary N) is 3. The molecule has 4 N–H and O–H groups in total. The maximum Gasteiger partial charge on any atom is 0.246 e. The molecule has 4 amide bonds. The number of carbonyl (C=O) groups excluding carboxylic acids is 4. The fourth-order valence-corrected chi connectivity index (χ4v) is 6.52. The van der Waals surface area contributed by atoms with Crippen LogP contribution in [0.3, 0.4) is 0 Å². The van der Waals surface area contributed by atoms with Gasteiger partial charge in [-0.25, -0.2) is 0 Å². The normalized spacial score (nSPS) is 27.4. The molecular formula is C32H40N4O5. The Bertz CT molecular complexity index is 1230. The van der Waals surface area contributed by atoms with Gasteiger partial charge in [-0.15, -0.1) is 0 Å². The molecule has 2 aromatic rings. The molecule has 3 aliphatic rings. The first kappa shape index (κ1) is 28.8. The molecule has 9 nitrogen and oxygen atoms in total. The lowest BCUT2D eigenvalue weighted by Gasteiger charge is -2.39. The number of hydrogen-bond donors (Lipinski definition) is 4. The third-order valence-corrected chi connectivity index (χ3v) is 8.66. The smallest absolute Gasteiger partial charge is 0.246 e. The molecule has 2 heterocycles. The van der Waals surface area contributed by atoms with E-state index in [-0.39, 0.29) is 24.7 Å². The number of hydrogen-bond acceptors (Lipinski definition) is 5. The number of benzene rings is 2. The van der Waals surface area contributed by atoms with Gasteiger partial charge in [-0.1, -0.05) is 79.9 Å². The number of fused-ring (bicyclic) bond motifs is 1. The van der Waals surface area contributed by atoms with Crippen molar-refractivity contribution in [3.63, 3.8) is 0 Å². The van der Waals surface area contributed by atoms with Gasteiger partial charge in [0, 0.05) is 25.4 Å². The first-order valence-electron chi connectivity index (χ1n) is 14.8. The Morgan fingerprint density at radius 1 is 0.756 bits per heavy atom. The zero-order valence-electron chi connectivity index (χ0n) is 23.4. The average Bonchev–Trinajstić information content (AvgIpc) is 3.46. The van der Waals surface area contributed by atoms with E-state index in [2.05, 4.69) is 16.0 Å². The lowest BCUT2D eigenvalue weighted by atomic mass is 9.78. The van der Waals surface area contributed by atoms with Crippen molar-refractivity contribution >= 4 is 23.6 Å². The molecule has 1 unspecified atom stereocenters. The second-order valence-electron chi connectivity index (χ2n) is 11.7. The first-order valence-corrected chi connectivity index (χ1v) is 14.8. The van der Waals surface area contributed by atoms with E-state index >= 15 is 0 Å². The molecule has 1 aliphatic carbocycles. The monoisotopic (exact) mass is 560 g/mol. The van der Waals surface area contributed by atoms with E-state index in [0.29, 0.717) is 38.6 Å². The van der Waals surface area contributed by atoms with Crippen LogP contribution >= 0.6 is 0 Å². The predicted molar refractivity (Wildman–Crippen MR) is 153 cm³/mol. The van der Waals surface area contributed by atoms with E-state index in [4.69, 9.17) is 0 Å². The van der Waals surface area contributed by atoms with Gasteiger partial charge in [-0.2, -0.15) is 0 Å². The van der Waals surface area contributed by atoms with Crippen LogP contribution in [-0.2, 0) is 32.0 Å². The highest BCUT2D eigenvalue weighted by atomic mass is 16.3. The molecule has 9 heteroatoms. The summed E-state index contributed by atoms with van der Waals surface area (Å²) < 4.78 is 0. The zero-order valence-corrected chi connectivity index (χ0v) is 23.4. The lowest BCUT2D eigenvalue weighted by Crippen LogP contribution is -2.64. The summed E-state index contributed by atoms with van der Waals surface area (Å²) in [5.41, 5.74) is 0.426. The minimum absolute atomic E-state index is 0.0538. The molecule has 218 valence electrons. The molecule has 0 radical (unpaired) electrons. The van der Waals surface area contributed by atoms with Gasteiger partial charge in [0.2, 0.25) is 23.6 Å². The van der Waals surface area contributed by atoms with Crippen LogP contribution in [0.15, 0.2) is 60.7 Å². The van der Waals surface area contributed by atoms with E-state index in [1.54, 1.807) is 0 Å². The SMILES string of the molecule is O=C1C[C@@H](Cc2ccccc2)NC(=O)C(C2(O)CCCCC2)NC(=O)[C@H]2CCCN2C(=O)[C@H](Cc2ccccc2)N1. The van der Waals surface area contributed by atoms with Crippen LogP contribution in [0.25, 0.3) is 0 Å². The second kappa shape index (κ2) is 12.9. The van der Waals surface area contributed by atoms with Gasteiger partial charge < -0.3 is 26.0 Å². The Morgan fingerprint density at radius 2 is 1.39 bits per heavy atom. The highest BCUT2D eigenvalue weighted by Crippen LogP contribution is 2.32. The summed E-state index contributed by atoms with van der Waals surface area (Å²) in [6, 6.07) is 15.6. The fraction of sp³-hybridized carbons (Fsp3) is 0.500. The number of carbonyl (C=O) groups is 4. The van der Waals surface area contributed by atoms with Gasteiger partial charge in [0.15, 0.2) is 0 Å². The van der Waals surface area contributed by atoms with Gasteiger partial charge in [0.25, 0.3) is 0 Å². The quantitative estimate of drug-likeness (QED) is 0.445. The van der Waals surface area contributed by atoms with E-state index < -0.39 is 41.6 Å². The Hall–Kier alpha value is -3.72. The molecule has 2 aliphatic heterocycles. The highest BCUT2D eigenvalue weighted by molar-refractivity contribution is 5.96. The molecule has 41 heavy (non-hydrogen) atoms. The van der Waals surface area contributed by atoms with Crippen LogP contribution in [0.2, 0.25) is 0 Å². The molecule has 5 rings (SSSR count). The first-order chi connectivity index (χ1) is 19.8. The van der Waals surface area contributed by atoms with Crippen LogP contribution in [-0.4, -0.2) is 69.9 Å². The standard InChI is InChI=1S/C32H40N4O5/c37-27-21-24(19-22-11-4-1-5-12-22)33-30(39)28(32(41)16-8-3-9-17-32)35-29(38)26-15-10-18-36(26)31(40)25(34-27)20-23-13-6-2-7-14-23/h1-2,4-7,11-14,24-26,28,41H,3,8-10,15-21H2,(H,33,39)(H,34,37)(H,35,38)/t24-,25+,26-,28?/m1/s1. The lowest BCUT2D eigenvalue weighted by molar-refractivity contribution is -0.144. The van der Waals surface area contributed by atoms with Gasteiger partial charge in [0.05, 0.1) is 5.60 Å². The third kappa shape index (κ3) is 6.96. The maximum atomic E-state index is 13.9. The summed E-state index contributed by atoms with van der Waals surface area (Å²) in [6.07, 6.45) is 4.94. The van der Waals surface area contributed by atoms with Crippen molar-refractivity contribution in [2.24, 2.45) is 0 Å². The highest BCUT2D eigenvalue weighted by Gasteiger charge is 2.46. The summed E-state index contributed by atoms with van der Waals surface area (Å²) in [5, 5.41) is 20.4. The minimum Gasteiger partial charge on any atom is -0.387 e. The van der Waals surface area contributed by atoms with Crippen LogP contribution < -0.4 is 16.0 Å². The van der Waals surface area contributed by atoms with Crippen LogP contribution in [0.4, 0.5) is 0 Å². The van der Waals surface area contributed by atoms with Gasteiger partial charge in [0.1, 0.15) is 18.1 Å².